The summed E-state index contributed by atoms with van der Waals surface area (Å²) in [6, 6.07) is 0.537. The maximum atomic E-state index is 12.9. The van der Waals surface area contributed by atoms with Crippen molar-refractivity contribution in [3.8, 4) is 0 Å². The molecule has 2 amide bonds. The minimum atomic E-state index is -2.95. The molecule has 0 aromatic carbocycles. The van der Waals surface area contributed by atoms with Crippen LogP contribution in [0.15, 0.2) is 0 Å². The molecular weight excluding hydrogens is 276 g/mol. The highest BCUT2D eigenvalue weighted by atomic mass is 32.2. The van der Waals surface area contributed by atoms with Gasteiger partial charge in [0.25, 0.3) is 0 Å². The summed E-state index contributed by atoms with van der Waals surface area (Å²) in [5, 5.41) is 0. The zero-order chi connectivity index (χ0) is 14.0. The van der Waals surface area contributed by atoms with Gasteiger partial charge in [-0.05, 0) is 44.4 Å². The number of piperidine rings is 1. The van der Waals surface area contributed by atoms with Gasteiger partial charge in [-0.3, -0.25) is 0 Å². The first-order chi connectivity index (χ1) is 9.49. The van der Waals surface area contributed by atoms with Gasteiger partial charge in [-0.1, -0.05) is 0 Å². The Balaban J connectivity index is 1.57. The van der Waals surface area contributed by atoms with Gasteiger partial charge < -0.3 is 9.80 Å². The third kappa shape index (κ3) is 1.80. The molecular formula is C14H22N2O3S. The molecule has 0 radical (unpaired) electrons. The lowest BCUT2D eigenvalue weighted by Gasteiger charge is -2.39. The first kappa shape index (κ1) is 12.9. The van der Waals surface area contributed by atoms with E-state index in [0.29, 0.717) is 18.4 Å². The van der Waals surface area contributed by atoms with Crippen LogP contribution in [0.25, 0.3) is 0 Å². The molecule has 0 aromatic rings. The third-order valence-corrected chi connectivity index (χ3v) is 7.65. The van der Waals surface area contributed by atoms with Gasteiger partial charge in [0.2, 0.25) is 0 Å². The molecule has 4 rings (SSSR count). The van der Waals surface area contributed by atoms with E-state index in [9.17, 15) is 13.2 Å². The molecule has 3 atom stereocenters. The summed E-state index contributed by atoms with van der Waals surface area (Å²) < 4.78 is 23.7. The summed E-state index contributed by atoms with van der Waals surface area (Å²) in [5.74, 6) is 1.13. The van der Waals surface area contributed by atoms with Crippen molar-refractivity contribution in [2.75, 3.05) is 24.6 Å². The van der Waals surface area contributed by atoms with E-state index >= 15 is 0 Å². The summed E-state index contributed by atoms with van der Waals surface area (Å²) in [6.45, 7) is 1.63. The van der Waals surface area contributed by atoms with Gasteiger partial charge in [0, 0.05) is 19.1 Å². The summed E-state index contributed by atoms with van der Waals surface area (Å²) >= 11 is 0. The molecule has 1 aliphatic carbocycles. The molecule has 3 heterocycles. The molecule has 0 aromatic heterocycles. The molecule has 5 nitrogen and oxygen atoms in total. The van der Waals surface area contributed by atoms with Crippen LogP contribution in [0, 0.1) is 5.92 Å². The number of rotatable bonds is 0. The van der Waals surface area contributed by atoms with Crippen molar-refractivity contribution in [2.24, 2.45) is 5.92 Å². The molecule has 112 valence electrons. The standard InChI is InChI=1S/C14H22N2O3S/c17-13(15-9-11-2-3-12(15)8-11)16-6-1-4-14(16)5-7-20(18,19)10-14/h11-12H,1-10H2. The maximum Gasteiger partial charge on any atom is 0.320 e. The van der Waals surface area contributed by atoms with E-state index in [1.165, 1.54) is 6.42 Å². The SMILES string of the molecule is O=C(N1CC2CCC1C2)N1CCCC12CCS(=O)(=O)C2. The quantitative estimate of drug-likeness (QED) is 0.676. The lowest BCUT2D eigenvalue weighted by atomic mass is 9.96. The minimum Gasteiger partial charge on any atom is -0.321 e. The lowest BCUT2D eigenvalue weighted by molar-refractivity contribution is 0.110. The number of sulfone groups is 1. The second-order valence-corrected chi connectivity index (χ2v) is 9.27. The lowest BCUT2D eigenvalue weighted by Crippen LogP contribution is -2.54. The Morgan fingerprint density at radius 3 is 2.65 bits per heavy atom. The van der Waals surface area contributed by atoms with Crippen molar-refractivity contribution in [1.29, 1.82) is 0 Å². The van der Waals surface area contributed by atoms with E-state index < -0.39 is 9.84 Å². The van der Waals surface area contributed by atoms with Gasteiger partial charge in [0.1, 0.15) is 0 Å². The highest BCUT2D eigenvalue weighted by Crippen LogP contribution is 2.43. The van der Waals surface area contributed by atoms with E-state index in [0.717, 1.165) is 38.8 Å². The molecule has 20 heavy (non-hydrogen) atoms. The molecule has 2 bridgehead atoms. The van der Waals surface area contributed by atoms with Crippen LogP contribution in [0.1, 0.15) is 38.5 Å². The Bertz CT molecular complexity index is 547. The van der Waals surface area contributed by atoms with Crippen molar-refractivity contribution >= 4 is 15.9 Å². The van der Waals surface area contributed by atoms with Crippen molar-refractivity contribution in [3.05, 3.63) is 0 Å². The van der Waals surface area contributed by atoms with Crippen molar-refractivity contribution < 1.29 is 13.2 Å². The van der Waals surface area contributed by atoms with Crippen LogP contribution in [0.2, 0.25) is 0 Å². The number of amides is 2. The fraction of sp³-hybridized carbons (Fsp3) is 0.929. The normalized spacial score (nSPS) is 42.0. The second kappa shape index (κ2) is 4.12. The Hall–Kier alpha value is -0.780. The number of carbonyl (C=O) groups is 1. The van der Waals surface area contributed by atoms with Gasteiger partial charge in [-0.2, -0.15) is 0 Å². The molecule has 1 saturated carbocycles. The number of urea groups is 1. The molecule has 3 aliphatic heterocycles. The Morgan fingerprint density at radius 2 is 2.05 bits per heavy atom. The van der Waals surface area contributed by atoms with Gasteiger partial charge in [0.05, 0.1) is 17.0 Å². The molecule has 4 aliphatic rings. The molecule has 3 unspecified atom stereocenters. The van der Waals surface area contributed by atoms with Crippen LogP contribution < -0.4 is 0 Å². The number of hydrogen-bond acceptors (Lipinski definition) is 3. The van der Waals surface area contributed by atoms with Crippen LogP contribution >= 0.6 is 0 Å². The number of fused-ring (bicyclic) bond motifs is 2. The Morgan fingerprint density at radius 1 is 1.20 bits per heavy atom. The maximum absolute atomic E-state index is 12.9. The topological polar surface area (TPSA) is 57.7 Å². The summed E-state index contributed by atoms with van der Waals surface area (Å²) in [4.78, 5) is 16.8. The molecule has 3 saturated heterocycles. The molecule has 4 fully saturated rings. The van der Waals surface area contributed by atoms with E-state index in [-0.39, 0.29) is 23.1 Å². The predicted molar refractivity (Wildman–Crippen MR) is 75.2 cm³/mol. The van der Waals surface area contributed by atoms with Gasteiger partial charge in [0.15, 0.2) is 9.84 Å². The Kier molecular flexibility index (Phi) is 2.66. The number of nitrogens with zero attached hydrogens (tertiary/aromatic N) is 2. The van der Waals surface area contributed by atoms with Crippen LogP contribution in [0.3, 0.4) is 0 Å². The van der Waals surface area contributed by atoms with Gasteiger partial charge >= 0.3 is 6.03 Å². The first-order valence-corrected chi connectivity index (χ1v) is 9.60. The second-order valence-electron chi connectivity index (χ2n) is 7.09. The van der Waals surface area contributed by atoms with Gasteiger partial charge in [-0.15, -0.1) is 0 Å². The highest BCUT2D eigenvalue weighted by molar-refractivity contribution is 7.91. The number of hydrogen-bond donors (Lipinski definition) is 0. The van der Waals surface area contributed by atoms with Crippen molar-refractivity contribution in [3.63, 3.8) is 0 Å². The average Bonchev–Trinajstić information content (AvgIpc) is 3.14. The van der Waals surface area contributed by atoms with E-state index in [1.54, 1.807) is 0 Å². The van der Waals surface area contributed by atoms with Crippen LogP contribution in [-0.2, 0) is 9.84 Å². The van der Waals surface area contributed by atoms with Crippen molar-refractivity contribution in [1.82, 2.24) is 9.80 Å². The first-order valence-electron chi connectivity index (χ1n) is 7.78. The van der Waals surface area contributed by atoms with E-state index in [2.05, 4.69) is 0 Å². The van der Waals surface area contributed by atoms with Crippen LogP contribution in [-0.4, -0.2) is 60.4 Å². The number of likely N-dealkylation sites (tertiary alicyclic amines) is 2. The van der Waals surface area contributed by atoms with E-state index in [4.69, 9.17) is 0 Å². The zero-order valence-corrected chi connectivity index (χ0v) is 12.6. The van der Waals surface area contributed by atoms with E-state index in [1.807, 2.05) is 9.80 Å². The molecule has 6 heteroatoms. The third-order valence-electron chi connectivity index (χ3n) is 5.85. The summed E-state index contributed by atoms with van der Waals surface area (Å²) in [5.41, 5.74) is -0.377. The number of carbonyl (C=O) groups excluding carboxylic acids is 1. The highest BCUT2D eigenvalue weighted by Gasteiger charge is 2.53. The molecule has 0 N–H and O–H groups in total. The fourth-order valence-electron chi connectivity index (χ4n) is 4.86. The molecule has 1 spiro atoms. The average molecular weight is 298 g/mol. The summed E-state index contributed by atoms with van der Waals surface area (Å²) in [6.07, 6.45) is 6.00. The largest absolute Gasteiger partial charge is 0.321 e. The zero-order valence-electron chi connectivity index (χ0n) is 11.8. The van der Waals surface area contributed by atoms with Crippen LogP contribution in [0.4, 0.5) is 4.79 Å². The fourth-order valence-corrected chi connectivity index (χ4v) is 6.96. The van der Waals surface area contributed by atoms with Gasteiger partial charge in [-0.25, -0.2) is 13.2 Å². The van der Waals surface area contributed by atoms with Crippen LogP contribution in [0.5, 0.6) is 0 Å². The smallest absolute Gasteiger partial charge is 0.320 e. The predicted octanol–water partition coefficient (Wildman–Crippen LogP) is 1.24. The van der Waals surface area contributed by atoms with Crippen molar-refractivity contribution in [2.45, 2.75) is 50.1 Å². The Labute approximate surface area is 120 Å². The summed E-state index contributed by atoms with van der Waals surface area (Å²) in [7, 11) is -2.95. The monoisotopic (exact) mass is 298 g/mol. The minimum absolute atomic E-state index is 0.117.